The Balaban J connectivity index is 2.60. The molecule has 0 aliphatic carbocycles. The van der Waals surface area contributed by atoms with E-state index in [-0.39, 0.29) is 17.2 Å². The number of rotatable bonds is 8. The van der Waals surface area contributed by atoms with Crippen LogP contribution < -0.4 is 10.9 Å². The Hall–Kier alpha value is -1.11. The van der Waals surface area contributed by atoms with Crippen LogP contribution in [-0.2, 0) is 11.3 Å². The van der Waals surface area contributed by atoms with E-state index in [0.29, 0.717) is 25.2 Å². The van der Waals surface area contributed by atoms with Crippen LogP contribution in [0.4, 0.5) is 5.69 Å². The summed E-state index contributed by atoms with van der Waals surface area (Å²) in [6.45, 7) is 3.28. The third-order valence-corrected chi connectivity index (χ3v) is 2.94. The monoisotopic (exact) mass is 289 g/mol. The molecule has 0 fully saturated rings. The minimum atomic E-state index is -0.537. The molecule has 1 atom stereocenters. The second-order valence-electron chi connectivity index (χ2n) is 4.23. The van der Waals surface area contributed by atoms with E-state index < -0.39 is 6.10 Å². The molecule has 1 heterocycles. The van der Waals surface area contributed by atoms with Crippen LogP contribution in [0.1, 0.15) is 19.8 Å². The highest BCUT2D eigenvalue weighted by molar-refractivity contribution is 6.32. The van der Waals surface area contributed by atoms with Crippen molar-refractivity contribution in [3.63, 3.8) is 0 Å². The maximum Gasteiger partial charge on any atom is 0.287 e. The van der Waals surface area contributed by atoms with Gasteiger partial charge < -0.3 is 15.2 Å². The van der Waals surface area contributed by atoms with Gasteiger partial charge in [-0.1, -0.05) is 18.5 Å². The van der Waals surface area contributed by atoms with E-state index in [0.717, 1.165) is 6.42 Å². The molecule has 0 aromatic carbocycles. The number of hydrogen-bond donors (Lipinski definition) is 2. The van der Waals surface area contributed by atoms with Gasteiger partial charge >= 0.3 is 0 Å². The predicted molar refractivity (Wildman–Crippen MR) is 74.8 cm³/mol. The lowest BCUT2D eigenvalue weighted by molar-refractivity contribution is 0.0615. The molecule has 0 aliphatic rings. The van der Waals surface area contributed by atoms with E-state index in [4.69, 9.17) is 16.3 Å². The molecule has 1 unspecified atom stereocenters. The van der Waals surface area contributed by atoms with Crippen molar-refractivity contribution in [3.05, 3.63) is 21.6 Å². The maximum atomic E-state index is 11.8. The van der Waals surface area contributed by atoms with Gasteiger partial charge in [-0.05, 0) is 12.8 Å². The van der Waals surface area contributed by atoms with Crippen molar-refractivity contribution in [2.75, 3.05) is 25.6 Å². The van der Waals surface area contributed by atoms with Gasteiger partial charge in [-0.25, -0.2) is 4.68 Å². The van der Waals surface area contributed by atoms with Gasteiger partial charge in [0.15, 0.2) is 0 Å². The number of aliphatic hydroxyl groups excluding tert-OH is 1. The van der Waals surface area contributed by atoms with E-state index >= 15 is 0 Å². The van der Waals surface area contributed by atoms with Crippen molar-refractivity contribution < 1.29 is 9.84 Å². The lowest BCUT2D eigenvalue weighted by atomic mass is 10.2. The first kappa shape index (κ1) is 15.9. The second kappa shape index (κ2) is 8.14. The van der Waals surface area contributed by atoms with E-state index in [1.54, 1.807) is 0 Å². The molecule has 0 aliphatic heterocycles. The molecule has 2 N–H and O–H groups in total. The highest BCUT2D eigenvalue weighted by Gasteiger charge is 2.09. The number of anilines is 1. The normalized spacial score (nSPS) is 12.4. The minimum Gasteiger partial charge on any atom is -0.391 e. The Labute approximate surface area is 117 Å². The highest BCUT2D eigenvalue weighted by Crippen LogP contribution is 2.15. The highest BCUT2D eigenvalue weighted by atomic mass is 35.5. The van der Waals surface area contributed by atoms with E-state index in [9.17, 15) is 9.90 Å². The van der Waals surface area contributed by atoms with E-state index in [1.165, 1.54) is 18.0 Å². The maximum absolute atomic E-state index is 11.8. The molecule has 0 bridgehead atoms. The molecule has 0 amide bonds. The summed E-state index contributed by atoms with van der Waals surface area (Å²) in [5.41, 5.74) is 0.189. The Bertz CT molecular complexity index is 450. The third kappa shape index (κ3) is 4.81. The number of aryl methyl sites for hydroxylation is 1. The first-order valence-corrected chi connectivity index (χ1v) is 6.64. The summed E-state index contributed by atoms with van der Waals surface area (Å²) >= 11 is 5.99. The summed E-state index contributed by atoms with van der Waals surface area (Å²) in [6, 6.07) is 0. The summed E-state index contributed by atoms with van der Waals surface area (Å²) in [5.74, 6) is 0. The van der Waals surface area contributed by atoms with Crippen molar-refractivity contribution in [3.8, 4) is 0 Å². The van der Waals surface area contributed by atoms with E-state index in [2.05, 4.69) is 10.4 Å². The van der Waals surface area contributed by atoms with Crippen LogP contribution in [0.3, 0.4) is 0 Å². The number of hydrogen-bond acceptors (Lipinski definition) is 5. The van der Waals surface area contributed by atoms with Crippen molar-refractivity contribution in [1.29, 1.82) is 0 Å². The average Bonchev–Trinajstić information content (AvgIpc) is 2.38. The lowest BCUT2D eigenvalue weighted by Crippen LogP contribution is -2.25. The minimum absolute atomic E-state index is 0.129. The van der Waals surface area contributed by atoms with Gasteiger partial charge in [-0.15, -0.1) is 0 Å². The quantitative estimate of drug-likeness (QED) is 0.750. The van der Waals surface area contributed by atoms with E-state index in [1.807, 2.05) is 6.92 Å². The molecule has 7 heteroatoms. The number of methoxy groups -OCH3 is 1. The smallest absolute Gasteiger partial charge is 0.287 e. The summed E-state index contributed by atoms with van der Waals surface area (Å²) in [5, 5.41) is 16.6. The van der Waals surface area contributed by atoms with Gasteiger partial charge in [0.1, 0.15) is 5.02 Å². The van der Waals surface area contributed by atoms with Crippen molar-refractivity contribution in [2.24, 2.45) is 0 Å². The fourth-order valence-electron chi connectivity index (χ4n) is 1.61. The Morgan fingerprint density at radius 3 is 3.00 bits per heavy atom. The molecule has 0 saturated heterocycles. The van der Waals surface area contributed by atoms with Crippen LogP contribution in [0.2, 0.25) is 5.02 Å². The van der Waals surface area contributed by atoms with Crippen molar-refractivity contribution >= 4 is 17.3 Å². The third-order valence-electron chi connectivity index (χ3n) is 2.57. The zero-order valence-corrected chi connectivity index (χ0v) is 12.0. The lowest BCUT2D eigenvalue weighted by Gasteiger charge is -2.12. The summed E-state index contributed by atoms with van der Waals surface area (Å²) in [7, 11) is 1.53. The fourth-order valence-corrected chi connectivity index (χ4v) is 1.82. The number of aliphatic hydroxyl groups is 1. The molecule has 19 heavy (non-hydrogen) atoms. The SMILES string of the molecule is CCCn1ncc(NCCC(O)COC)c(Cl)c1=O. The molecule has 1 aromatic rings. The first-order valence-electron chi connectivity index (χ1n) is 6.26. The van der Waals surface area contributed by atoms with Gasteiger partial charge in [0.25, 0.3) is 5.56 Å². The molecule has 0 spiro atoms. The second-order valence-corrected chi connectivity index (χ2v) is 4.60. The van der Waals surface area contributed by atoms with Crippen LogP contribution in [-0.4, -0.2) is 41.3 Å². The molecule has 0 radical (unpaired) electrons. The average molecular weight is 290 g/mol. The van der Waals surface area contributed by atoms with Gasteiger partial charge in [0.05, 0.1) is 24.6 Å². The zero-order chi connectivity index (χ0) is 14.3. The van der Waals surface area contributed by atoms with Crippen molar-refractivity contribution in [1.82, 2.24) is 9.78 Å². The number of ether oxygens (including phenoxy) is 1. The van der Waals surface area contributed by atoms with Crippen LogP contribution in [0.25, 0.3) is 0 Å². The summed E-state index contributed by atoms with van der Waals surface area (Å²) in [4.78, 5) is 11.8. The van der Waals surface area contributed by atoms with Crippen LogP contribution in [0.15, 0.2) is 11.0 Å². The molecule has 6 nitrogen and oxygen atoms in total. The molecule has 1 aromatic heterocycles. The standard InChI is InChI=1S/C12H20ClN3O3/c1-3-6-16-12(18)11(13)10(7-15-16)14-5-4-9(17)8-19-2/h7,9,14,17H,3-6,8H2,1-2H3. The molecule has 0 saturated carbocycles. The molecule has 1 rings (SSSR count). The first-order chi connectivity index (χ1) is 9.10. The number of halogens is 1. The zero-order valence-electron chi connectivity index (χ0n) is 11.2. The number of aromatic nitrogens is 2. The molecular formula is C12H20ClN3O3. The number of nitrogens with one attached hydrogen (secondary N) is 1. The van der Waals surface area contributed by atoms with Crippen LogP contribution in [0.5, 0.6) is 0 Å². The molecular weight excluding hydrogens is 270 g/mol. The van der Waals surface area contributed by atoms with Gasteiger partial charge in [0, 0.05) is 20.2 Å². The van der Waals surface area contributed by atoms with Gasteiger partial charge in [0.2, 0.25) is 0 Å². The Morgan fingerprint density at radius 1 is 1.63 bits per heavy atom. The number of nitrogens with zero attached hydrogens (tertiary/aromatic N) is 2. The Morgan fingerprint density at radius 2 is 2.37 bits per heavy atom. The Kier molecular flexibility index (Phi) is 6.83. The van der Waals surface area contributed by atoms with Crippen LogP contribution >= 0.6 is 11.6 Å². The summed E-state index contributed by atoms with van der Waals surface area (Å²) in [6.07, 6.45) is 2.31. The van der Waals surface area contributed by atoms with Crippen LogP contribution in [0, 0.1) is 0 Å². The molecule has 108 valence electrons. The van der Waals surface area contributed by atoms with Crippen molar-refractivity contribution in [2.45, 2.75) is 32.4 Å². The topological polar surface area (TPSA) is 76.4 Å². The fraction of sp³-hybridized carbons (Fsp3) is 0.667. The van der Waals surface area contributed by atoms with Gasteiger partial charge in [-0.3, -0.25) is 4.79 Å². The summed E-state index contributed by atoms with van der Waals surface area (Å²) < 4.78 is 6.16. The predicted octanol–water partition coefficient (Wildman–Crippen LogP) is 1.12. The van der Waals surface area contributed by atoms with Gasteiger partial charge in [-0.2, -0.15) is 5.10 Å². The largest absolute Gasteiger partial charge is 0.391 e.